The van der Waals surface area contributed by atoms with Crippen molar-refractivity contribution in [2.24, 2.45) is 0 Å². The van der Waals surface area contributed by atoms with Crippen molar-refractivity contribution >= 4 is 11.8 Å². The van der Waals surface area contributed by atoms with Gasteiger partial charge in [-0.1, -0.05) is 0 Å². The maximum Gasteiger partial charge on any atom is 0.351 e. The molecule has 0 bridgehead atoms. The van der Waals surface area contributed by atoms with Crippen LogP contribution in [0.15, 0.2) is 41.3 Å². The van der Waals surface area contributed by atoms with E-state index in [0.717, 1.165) is 4.57 Å². The molecule has 10 heteroatoms. The second kappa shape index (κ2) is 7.74. The van der Waals surface area contributed by atoms with Crippen LogP contribution >= 0.6 is 0 Å². The van der Waals surface area contributed by atoms with Gasteiger partial charge in [0, 0.05) is 6.20 Å². The molecular formula is C17H19N3O7. The predicted molar refractivity (Wildman–Crippen MR) is 92.1 cm³/mol. The Labute approximate surface area is 153 Å². The summed E-state index contributed by atoms with van der Waals surface area (Å²) in [4.78, 5) is 27.5. The summed E-state index contributed by atoms with van der Waals surface area (Å²) < 4.78 is 16.7. The number of esters is 1. The molecule has 2 aromatic rings. The first kappa shape index (κ1) is 18.8. The Balaban J connectivity index is 1.65. The third-order valence-corrected chi connectivity index (χ3v) is 4.17. The fourth-order valence-corrected chi connectivity index (χ4v) is 2.68. The smallest absolute Gasteiger partial charge is 0.351 e. The zero-order valence-corrected chi connectivity index (χ0v) is 14.4. The summed E-state index contributed by atoms with van der Waals surface area (Å²) in [7, 11) is 1.51. The van der Waals surface area contributed by atoms with Crippen LogP contribution < -0.4 is 16.2 Å². The van der Waals surface area contributed by atoms with Crippen LogP contribution in [0.1, 0.15) is 16.6 Å². The number of nitrogens with zero attached hydrogens (tertiary/aromatic N) is 2. The number of aromatic nitrogens is 2. The number of aliphatic hydroxyl groups is 2. The number of hydrogen-bond acceptors (Lipinski definition) is 9. The molecule has 2 heterocycles. The Hall–Kier alpha value is -2.95. The molecule has 1 aromatic heterocycles. The molecule has 0 spiro atoms. The maximum atomic E-state index is 12.1. The number of nitrogens with two attached hydrogens (primary N) is 1. The lowest BCUT2D eigenvalue weighted by atomic mass is 10.1. The minimum atomic E-state index is -1.40. The Kier molecular flexibility index (Phi) is 5.40. The average molecular weight is 377 g/mol. The van der Waals surface area contributed by atoms with E-state index in [2.05, 4.69) is 4.98 Å². The predicted octanol–water partition coefficient (Wildman–Crippen LogP) is -0.690. The number of anilines is 1. The van der Waals surface area contributed by atoms with Crippen molar-refractivity contribution in [3.05, 3.63) is 52.6 Å². The van der Waals surface area contributed by atoms with Gasteiger partial charge in [0.25, 0.3) is 0 Å². The van der Waals surface area contributed by atoms with Gasteiger partial charge in [0.1, 0.15) is 36.5 Å². The first-order chi connectivity index (χ1) is 12.9. The van der Waals surface area contributed by atoms with Gasteiger partial charge in [0.15, 0.2) is 6.23 Å². The van der Waals surface area contributed by atoms with Crippen LogP contribution in [0.5, 0.6) is 5.75 Å². The highest BCUT2D eigenvalue weighted by Gasteiger charge is 2.44. The van der Waals surface area contributed by atoms with Crippen molar-refractivity contribution in [2.45, 2.75) is 24.5 Å². The lowest BCUT2D eigenvalue weighted by Gasteiger charge is -2.16. The number of carbonyl (C=O) groups is 1. The molecule has 27 heavy (non-hydrogen) atoms. The fourth-order valence-electron chi connectivity index (χ4n) is 2.68. The summed E-state index contributed by atoms with van der Waals surface area (Å²) in [5, 5.41) is 20.3. The van der Waals surface area contributed by atoms with Crippen molar-refractivity contribution in [3.8, 4) is 5.75 Å². The molecule has 1 aliphatic rings. The summed E-state index contributed by atoms with van der Waals surface area (Å²) in [5.41, 5.74) is 4.98. The van der Waals surface area contributed by atoms with Crippen LogP contribution in [-0.4, -0.2) is 57.8 Å². The molecule has 0 aliphatic carbocycles. The van der Waals surface area contributed by atoms with E-state index in [0.29, 0.717) is 11.3 Å². The average Bonchev–Trinajstić information content (AvgIpc) is 2.94. The van der Waals surface area contributed by atoms with Crippen LogP contribution in [0.3, 0.4) is 0 Å². The first-order valence-electron chi connectivity index (χ1n) is 8.08. The van der Waals surface area contributed by atoms with Crippen molar-refractivity contribution in [1.82, 2.24) is 9.55 Å². The second-order valence-electron chi connectivity index (χ2n) is 5.92. The Morgan fingerprint density at radius 1 is 1.26 bits per heavy atom. The van der Waals surface area contributed by atoms with Gasteiger partial charge in [-0.15, -0.1) is 0 Å². The first-order valence-corrected chi connectivity index (χ1v) is 8.08. The third kappa shape index (κ3) is 3.92. The lowest BCUT2D eigenvalue weighted by Crippen LogP contribution is -2.36. The van der Waals surface area contributed by atoms with Gasteiger partial charge < -0.3 is 30.2 Å². The minimum Gasteiger partial charge on any atom is -0.497 e. The van der Waals surface area contributed by atoms with E-state index in [4.69, 9.17) is 19.9 Å². The van der Waals surface area contributed by atoms with Crippen LogP contribution in [0.4, 0.5) is 5.82 Å². The molecule has 144 valence electrons. The molecule has 1 saturated heterocycles. The van der Waals surface area contributed by atoms with E-state index in [1.807, 2.05) is 0 Å². The second-order valence-corrected chi connectivity index (χ2v) is 5.92. The summed E-state index contributed by atoms with van der Waals surface area (Å²) in [6, 6.07) is 7.64. The molecule has 1 aliphatic heterocycles. The number of nitrogen functional groups attached to an aromatic ring is 1. The number of aliphatic hydroxyl groups excluding tert-OH is 2. The van der Waals surface area contributed by atoms with Gasteiger partial charge in [-0.05, 0) is 30.3 Å². The van der Waals surface area contributed by atoms with E-state index < -0.39 is 36.2 Å². The molecular weight excluding hydrogens is 358 g/mol. The van der Waals surface area contributed by atoms with Gasteiger partial charge in [-0.3, -0.25) is 4.57 Å². The number of rotatable bonds is 5. The van der Waals surface area contributed by atoms with Gasteiger partial charge in [-0.2, -0.15) is 4.98 Å². The van der Waals surface area contributed by atoms with Crippen LogP contribution in [0, 0.1) is 0 Å². The Morgan fingerprint density at radius 3 is 2.59 bits per heavy atom. The van der Waals surface area contributed by atoms with Gasteiger partial charge in [-0.25, -0.2) is 9.59 Å². The van der Waals surface area contributed by atoms with Crippen LogP contribution in [0.25, 0.3) is 0 Å². The standard InChI is InChI=1S/C17H19N3O7/c1-25-10-4-2-9(3-5-10)16(23)26-8-11-13(21)14(22)15(27-11)20-7-6-12(18)19-17(20)24/h2-7,11,13-15,21-22H,8H2,1H3,(H2,18,19,24)/t11-,13+,14-,15-/m0/s1. The quantitative estimate of drug-likeness (QED) is 0.576. The number of ether oxygens (including phenoxy) is 3. The molecule has 1 fully saturated rings. The highest BCUT2D eigenvalue weighted by Crippen LogP contribution is 2.28. The summed E-state index contributed by atoms with van der Waals surface area (Å²) in [5.74, 6) is -0.0124. The molecule has 4 N–H and O–H groups in total. The summed E-state index contributed by atoms with van der Waals surface area (Å²) >= 11 is 0. The van der Waals surface area contributed by atoms with E-state index in [-0.39, 0.29) is 12.4 Å². The Morgan fingerprint density at radius 2 is 1.96 bits per heavy atom. The number of hydrogen-bond donors (Lipinski definition) is 3. The normalized spacial score (nSPS) is 24.6. The van der Waals surface area contributed by atoms with Gasteiger partial charge in [0.2, 0.25) is 0 Å². The fraction of sp³-hybridized carbons (Fsp3) is 0.353. The molecule has 10 nitrogen and oxygen atoms in total. The van der Waals surface area contributed by atoms with Crippen LogP contribution in [-0.2, 0) is 9.47 Å². The summed E-state index contributed by atoms with van der Waals surface area (Å²) in [6.45, 7) is -0.309. The van der Waals surface area contributed by atoms with Gasteiger partial charge in [0.05, 0.1) is 12.7 Å². The topological polar surface area (TPSA) is 146 Å². The zero-order valence-electron chi connectivity index (χ0n) is 14.4. The van der Waals surface area contributed by atoms with Crippen molar-refractivity contribution in [3.63, 3.8) is 0 Å². The summed E-state index contributed by atoms with van der Waals surface area (Å²) in [6.07, 6.45) is -3.65. The van der Waals surface area contributed by atoms with E-state index in [1.54, 1.807) is 12.1 Å². The molecule has 4 atom stereocenters. The number of methoxy groups -OCH3 is 1. The van der Waals surface area contributed by atoms with Crippen molar-refractivity contribution < 1.29 is 29.2 Å². The third-order valence-electron chi connectivity index (χ3n) is 4.17. The van der Waals surface area contributed by atoms with Crippen molar-refractivity contribution in [1.29, 1.82) is 0 Å². The highest BCUT2D eigenvalue weighted by molar-refractivity contribution is 5.89. The Bertz CT molecular complexity index is 868. The zero-order chi connectivity index (χ0) is 19.6. The molecule has 0 unspecified atom stereocenters. The number of benzene rings is 1. The highest BCUT2D eigenvalue weighted by atomic mass is 16.6. The monoisotopic (exact) mass is 377 g/mol. The lowest BCUT2D eigenvalue weighted by molar-refractivity contribution is -0.0598. The molecule has 0 saturated carbocycles. The van der Waals surface area contributed by atoms with E-state index >= 15 is 0 Å². The van der Waals surface area contributed by atoms with Gasteiger partial charge >= 0.3 is 11.7 Å². The van der Waals surface area contributed by atoms with Crippen LogP contribution in [0.2, 0.25) is 0 Å². The SMILES string of the molecule is COc1ccc(C(=O)OC[C@@H]2O[C@H](n3ccc(N)nc3=O)[C@@H](O)[C@@H]2O)cc1. The van der Waals surface area contributed by atoms with Crippen molar-refractivity contribution in [2.75, 3.05) is 19.5 Å². The molecule has 1 aromatic carbocycles. The molecule has 3 rings (SSSR count). The molecule has 0 radical (unpaired) electrons. The number of carbonyl (C=O) groups excluding carboxylic acids is 1. The minimum absolute atomic E-state index is 0.0225. The van der Waals surface area contributed by atoms with E-state index in [9.17, 15) is 19.8 Å². The maximum absolute atomic E-state index is 12.1. The molecule has 0 amide bonds. The van der Waals surface area contributed by atoms with E-state index in [1.165, 1.54) is 31.5 Å². The largest absolute Gasteiger partial charge is 0.497 e.